The summed E-state index contributed by atoms with van der Waals surface area (Å²) in [5, 5.41) is 0. The van der Waals surface area contributed by atoms with Crippen LogP contribution >= 0.6 is 0 Å². The lowest BCUT2D eigenvalue weighted by Crippen LogP contribution is -1.95. The standard InChI is InChI=1S/C20H22O/c1-5-15-9-11-19(17(7-3)13-15)21-20-12-10-16(6-2)14-18(20)8-4/h5-6,9-14H,1-2,7-8H2,3-4H3. The summed E-state index contributed by atoms with van der Waals surface area (Å²) < 4.78 is 6.15. The first-order valence-corrected chi connectivity index (χ1v) is 7.40. The van der Waals surface area contributed by atoms with Crippen molar-refractivity contribution >= 4 is 12.2 Å². The maximum Gasteiger partial charge on any atom is 0.130 e. The van der Waals surface area contributed by atoms with Crippen LogP contribution in [0.2, 0.25) is 0 Å². The van der Waals surface area contributed by atoms with Gasteiger partial charge in [-0.1, -0.05) is 51.3 Å². The lowest BCUT2D eigenvalue weighted by Gasteiger charge is -2.14. The molecule has 0 aromatic heterocycles. The molecule has 2 aromatic rings. The van der Waals surface area contributed by atoms with Gasteiger partial charge in [0, 0.05) is 0 Å². The molecule has 0 aliphatic heterocycles. The Kier molecular flexibility index (Phi) is 4.99. The Morgan fingerprint density at radius 1 is 0.810 bits per heavy atom. The first kappa shape index (κ1) is 15.1. The van der Waals surface area contributed by atoms with Crippen LogP contribution in [0.3, 0.4) is 0 Å². The molecule has 21 heavy (non-hydrogen) atoms. The van der Waals surface area contributed by atoms with E-state index in [1.807, 2.05) is 36.4 Å². The fourth-order valence-corrected chi connectivity index (χ4v) is 2.32. The van der Waals surface area contributed by atoms with E-state index in [-0.39, 0.29) is 0 Å². The Morgan fingerprint density at radius 3 is 1.57 bits per heavy atom. The second kappa shape index (κ2) is 6.94. The molecule has 0 saturated heterocycles. The van der Waals surface area contributed by atoms with Crippen LogP contribution in [0.25, 0.3) is 12.2 Å². The van der Waals surface area contributed by atoms with E-state index in [9.17, 15) is 0 Å². The minimum Gasteiger partial charge on any atom is -0.457 e. The van der Waals surface area contributed by atoms with E-state index >= 15 is 0 Å². The van der Waals surface area contributed by atoms with Crippen LogP contribution in [0.4, 0.5) is 0 Å². The highest BCUT2D eigenvalue weighted by molar-refractivity contribution is 5.55. The van der Waals surface area contributed by atoms with Gasteiger partial charge in [0.1, 0.15) is 11.5 Å². The highest BCUT2D eigenvalue weighted by Gasteiger charge is 2.08. The van der Waals surface area contributed by atoms with Gasteiger partial charge in [0.15, 0.2) is 0 Å². The molecule has 0 unspecified atom stereocenters. The molecule has 0 fully saturated rings. The van der Waals surface area contributed by atoms with Gasteiger partial charge in [0.05, 0.1) is 0 Å². The van der Waals surface area contributed by atoms with Gasteiger partial charge in [-0.3, -0.25) is 0 Å². The largest absolute Gasteiger partial charge is 0.457 e. The van der Waals surface area contributed by atoms with Gasteiger partial charge in [-0.15, -0.1) is 0 Å². The molecule has 0 radical (unpaired) electrons. The van der Waals surface area contributed by atoms with Crippen molar-refractivity contribution in [2.45, 2.75) is 26.7 Å². The summed E-state index contributed by atoms with van der Waals surface area (Å²) in [6, 6.07) is 12.4. The number of rotatable bonds is 6. The van der Waals surface area contributed by atoms with Crippen LogP contribution in [-0.4, -0.2) is 0 Å². The molecule has 0 heterocycles. The van der Waals surface area contributed by atoms with Crippen LogP contribution in [0, 0.1) is 0 Å². The number of ether oxygens (including phenoxy) is 1. The maximum atomic E-state index is 6.15. The van der Waals surface area contributed by atoms with Gasteiger partial charge in [0.25, 0.3) is 0 Å². The first-order valence-electron chi connectivity index (χ1n) is 7.40. The van der Waals surface area contributed by atoms with Crippen molar-refractivity contribution in [2.75, 3.05) is 0 Å². The molecule has 0 amide bonds. The lowest BCUT2D eigenvalue weighted by atomic mass is 10.1. The normalized spacial score (nSPS) is 10.2. The van der Waals surface area contributed by atoms with Crippen molar-refractivity contribution < 1.29 is 4.74 Å². The smallest absolute Gasteiger partial charge is 0.130 e. The van der Waals surface area contributed by atoms with Gasteiger partial charge in [-0.25, -0.2) is 0 Å². The van der Waals surface area contributed by atoms with E-state index in [4.69, 9.17) is 4.74 Å². The monoisotopic (exact) mass is 278 g/mol. The Labute approximate surface area is 127 Å². The molecule has 1 nitrogen and oxygen atoms in total. The molecule has 1 heteroatoms. The van der Waals surface area contributed by atoms with Gasteiger partial charge in [-0.2, -0.15) is 0 Å². The Balaban J connectivity index is 2.37. The van der Waals surface area contributed by atoms with E-state index in [0.29, 0.717) is 0 Å². The van der Waals surface area contributed by atoms with Crippen LogP contribution in [0.5, 0.6) is 11.5 Å². The van der Waals surface area contributed by atoms with Gasteiger partial charge < -0.3 is 4.74 Å². The molecular formula is C20H22O. The fraction of sp³-hybridized carbons (Fsp3) is 0.200. The van der Waals surface area contributed by atoms with Gasteiger partial charge >= 0.3 is 0 Å². The molecule has 0 spiro atoms. The summed E-state index contributed by atoms with van der Waals surface area (Å²) >= 11 is 0. The van der Waals surface area contributed by atoms with E-state index in [2.05, 4.69) is 39.1 Å². The quantitative estimate of drug-likeness (QED) is 0.640. The van der Waals surface area contributed by atoms with E-state index in [1.54, 1.807) is 0 Å². The third-order valence-electron chi connectivity index (χ3n) is 3.62. The van der Waals surface area contributed by atoms with Crippen molar-refractivity contribution in [3.63, 3.8) is 0 Å². The molecule has 0 N–H and O–H groups in total. The second-order valence-corrected chi connectivity index (χ2v) is 4.95. The van der Waals surface area contributed by atoms with Gasteiger partial charge in [0.2, 0.25) is 0 Å². The summed E-state index contributed by atoms with van der Waals surface area (Å²) in [6.07, 6.45) is 5.59. The average molecular weight is 278 g/mol. The average Bonchev–Trinajstić information content (AvgIpc) is 2.55. The minimum absolute atomic E-state index is 0.921. The molecule has 0 atom stereocenters. The molecule has 2 aromatic carbocycles. The molecule has 2 rings (SSSR count). The maximum absolute atomic E-state index is 6.15. The summed E-state index contributed by atoms with van der Waals surface area (Å²) in [7, 11) is 0. The highest BCUT2D eigenvalue weighted by atomic mass is 16.5. The van der Waals surface area contributed by atoms with Crippen LogP contribution < -0.4 is 4.74 Å². The molecule has 0 bridgehead atoms. The van der Waals surface area contributed by atoms with E-state index < -0.39 is 0 Å². The summed E-state index contributed by atoms with van der Waals surface area (Å²) in [4.78, 5) is 0. The van der Waals surface area contributed by atoms with Crippen molar-refractivity contribution in [1.82, 2.24) is 0 Å². The lowest BCUT2D eigenvalue weighted by molar-refractivity contribution is 0.471. The summed E-state index contributed by atoms with van der Waals surface area (Å²) in [5.74, 6) is 1.84. The fourth-order valence-electron chi connectivity index (χ4n) is 2.32. The Bertz CT molecular complexity index is 595. The highest BCUT2D eigenvalue weighted by Crippen LogP contribution is 2.30. The second-order valence-electron chi connectivity index (χ2n) is 4.95. The van der Waals surface area contributed by atoms with Crippen molar-refractivity contribution in [2.24, 2.45) is 0 Å². The van der Waals surface area contributed by atoms with E-state index in [1.165, 1.54) is 11.1 Å². The Hall–Kier alpha value is -2.28. The zero-order valence-electron chi connectivity index (χ0n) is 12.9. The molecule has 0 saturated carbocycles. The third-order valence-corrected chi connectivity index (χ3v) is 3.62. The van der Waals surface area contributed by atoms with Crippen LogP contribution in [0.1, 0.15) is 36.1 Å². The van der Waals surface area contributed by atoms with Gasteiger partial charge in [-0.05, 0) is 59.4 Å². The van der Waals surface area contributed by atoms with Crippen molar-refractivity contribution in [1.29, 1.82) is 0 Å². The minimum atomic E-state index is 0.921. The summed E-state index contributed by atoms with van der Waals surface area (Å²) in [6.45, 7) is 11.9. The number of benzene rings is 2. The first-order chi connectivity index (χ1) is 10.2. The number of aryl methyl sites for hydroxylation is 2. The zero-order valence-corrected chi connectivity index (χ0v) is 12.9. The zero-order chi connectivity index (χ0) is 15.2. The summed E-state index contributed by atoms with van der Waals surface area (Å²) in [5.41, 5.74) is 4.64. The SMILES string of the molecule is C=Cc1ccc(Oc2ccc(C=C)cc2CC)c(CC)c1. The predicted molar refractivity (Wildman–Crippen MR) is 91.9 cm³/mol. The van der Waals surface area contributed by atoms with Crippen LogP contribution in [0.15, 0.2) is 49.6 Å². The molecule has 108 valence electrons. The molecule has 0 aliphatic rings. The van der Waals surface area contributed by atoms with E-state index in [0.717, 1.165) is 35.5 Å². The molecule has 0 aliphatic carbocycles. The number of hydrogen-bond donors (Lipinski definition) is 0. The Morgan fingerprint density at radius 2 is 1.24 bits per heavy atom. The predicted octanol–water partition coefficient (Wildman–Crippen LogP) is 5.89. The van der Waals surface area contributed by atoms with Crippen molar-refractivity contribution in [3.8, 4) is 11.5 Å². The van der Waals surface area contributed by atoms with Crippen molar-refractivity contribution in [3.05, 3.63) is 71.8 Å². The molecular weight excluding hydrogens is 256 g/mol. The third kappa shape index (κ3) is 3.43. The number of hydrogen-bond acceptors (Lipinski definition) is 1. The van der Waals surface area contributed by atoms with Crippen LogP contribution in [-0.2, 0) is 12.8 Å². The topological polar surface area (TPSA) is 9.23 Å².